The van der Waals surface area contributed by atoms with Crippen LogP contribution in [-0.2, 0) is 26.0 Å². The van der Waals surface area contributed by atoms with Gasteiger partial charge in [-0.15, -0.1) is 0 Å². The van der Waals surface area contributed by atoms with Crippen LogP contribution in [0.4, 0.5) is 11.4 Å². The molecule has 2 aliphatic rings. The van der Waals surface area contributed by atoms with E-state index in [9.17, 15) is 23.3 Å². The van der Waals surface area contributed by atoms with Crippen molar-refractivity contribution < 1.29 is 22.9 Å². The lowest BCUT2D eigenvalue weighted by Gasteiger charge is -2.31. The van der Waals surface area contributed by atoms with Gasteiger partial charge in [0, 0.05) is 25.2 Å². The van der Waals surface area contributed by atoms with Crippen molar-refractivity contribution in [3.05, 3.63) is 27.8 Å². The fourth-order valence-electron chi connectivity index (χ4n) is 3.27. The summed E-state index contributed by atoms with van der Waals surface area (Å²) < 4.78 is 28.8. The molecule has 2 aliphatic heterocycles. The van der Waals surface area contributed by atoms with E-state index in [1.165, 1.54) is 6.07 Å². The van der Waals surface area contributed by atoms with Crippen molar-refractivity contribution in [2.45, 2.75) is 23.5 Å². The molecule has 0 spiro atoms. The highest BCUT2D eigenvalue weighted by atomic mass is 32.2. The summed E-state index contributed by atoms with van der Waals surface area (Å²) in [6, 6.07) is 1.82. The number of aldehydes is 1. The van der Waals surface area contributed by atoms with Crippen molar-refractivity contribution in [2.24, 2.45) is 11.1 Å². The van der Waals surface area contributed by atoms with E-state index in [2.05, 4.69) is 10.6 Å². The molecule has 0 bridgehead atoms. The smallest absolute Gasteiger partial charge is 0.293 e. The molecule has 1 saturated heterocycles. The number of sulfonamides is 1. The Hall–Kier alpha value is -2.08. The Kier molecular flexibility index (Phi) is 4.73. The van der Waals surface area contributed by atoms with Gasteiger partial charge in [0.2, 0.25) is 10.0 Å². The first-order valence-corrected chi connectivity index (χ1v) is 9.24. The first-order chi connectivity index (χ1) is 11.8. The highest BCUT2D eigenvalue weighted by Crippen LogP contribution is 2.39. The zero-order valence-electron chi connectivity index (χ0n) is 13.2. The third kappa shape index (κ3) is 3.49. The highest BCUT2D eigenvalue weighted by molar-refractivity contribution is 7.89. The van der Waals surface area contributed by atoms with Crippen LogP contribution in [0.15, 0.2) is 17.0 Å². The van der Waals surface area contributed by atoms with Crippen LogP contribution in [0.5, 0.6) is 0 Å². The number of nitrogens with one attached hydrogen (secondary N) is 2. The molecule has 4 N–H and O–H groups in total. The summed E-state index contributed by atoms with van der Waals surface area (Å²) in [7, 11) is -4.08. The number of anilines is 1. The molecule has 0 saturated carbocycles. The van der Waals surface area contributed by atoms with Crippen LogP contribution >= 0.6 is 0 Å². The van der Waals surface area contributed by atoms with Gasteiger partial charge in [0.25, 0.3) is 5.69 Å². The number of nitrogens with two attached hydrogens (primary N) is 1. The number of hydrogen-bond acceptors (Lipinski definition) is 8. The number of hydrogen-bond donors (Lipinski definition) is 3. The average Bonchev–Trinajstić information content (AvgIpc) is 2.98. The Labute approximate surface area is 143 Å². The van der Waals surface area contributed by atoms with E-state index in [-0.39, 0.29) is 28.8 Å². The maximum atomic E-state index is 11.6. The first-order valence-electron chi connectivity index (χ1n) is 7.69. The molecule has 3 unspecified atom stereocenters. The van der Waals surface area contributed by atoms with Crippen molar-refractivity contribution in [1.82, 2.24) is 5.32 Å². The molecule has 3 atom stereocenters. The number of benzene rings is 1. The lowest BCUT2D eigenvalue weighted by atomic mass is 9.92. The zero-order chi connectivity index (χ0) is 18.2. The number of carbonyl (C=O) groups is 1. The molecule has 0 aliphatic carbocycles. The van der Waals surface area contributed by atoms with Crippen LogP contribution in [0.2, 0.25) is 0 Å². The van der Waals surface area contributed by atoms with E-state index in [0.29, 0.717) is 25.3 Å². The number of nitrogens with zero attached hydrogens (tertiary/aromatic N) is 1. The minimum atomic E-state index is -4.08. The van der Waals surface area contributed by atoms with Gasteiger partial charge in [0.1, 0.15) is 12.0 Å². The fraction of sp³-hybridized carbons (Fsp3) is 0.500. The van der Waals surface area contributed by atoms with E-state index in [1.54, 1.807) is 0 Å². The number of primary sulfonamides is 1. The summed E-state index contributed by atoms with van der Waals surface area (Å²) >= 11 is 0. The number of fused-ring (bicyclic) bond motifs is 1. The Morgan fingerprint density at radius 1 is 1.44 bits per heavy atom. The Balaban J connectivity index is 1.94. The van der Waals surface area contributed by atoms with Gasteiger partial charge >= 0.3 is 0 Å². The van der Waals surface area contributed by atoms with E-state index in [4.69, 9.17) is 9.88 Å². The summed E-state index contributed by atoms with van der Waals surface area (Å²) in [5.74, 6) is -0.530. The molecule has 1 fully saturated rings. The van der Waals surface area contributed by atoms with Crippen LogP contribution in [-0.4, -0.2) is 51.5 Å². The third-order valence-electron chi connectivity index (χ3n) is 4.47. The third-order valence-corrected chi connectivity index (χ3v) is 5.37. The molecule has 3 rings (SSSR count). The van der Waals surface area contributed by atoms with E-state index in [1.807, 2.05) is 0 Å². The minimum absolute atomic E-state index is 0.220. The molecule has 0 radical (unpaired) electrons. The molecule has 0 aromatic heterocycles. The van der Waals surface area contributed by atoms with Gasteiger partial charge < -0.3 is 20.2 Å². The van der Waals surface area contributed by atoms with Crippen LogP contribution in [0.25, 0.3) is 0 Å². The van der Waals surface area contributed by atoms with Crippen molar-refractivity contribution in [1.29, 1.82) is 0 Å². The van der Waals surface area contributed by atoms with Gasteiger partial charge in [-0.05, 0) is 18.1 Å². The normalized spacial score (nSPS) is 24.2. The number of rotatable bonds is 5. The number of carbonyl (C=O) groups excluding carboxylic acids is 1. The van der Waals surface area contributed by atoms with Crippen molar-refractivity contribution in [3.63, 3.8) is 0 Å². The summed E-state index contributed by atoms with van der Waals surface area (Å²) in [6.45, 7) is 1.68. The standard InChI is InChI=1S/C14H18N4O6S/c15-25(22,23)9-3-8-4-11(17-14(8)12(5-9)18(20)21)10(7-19)13-6-16-1-2-24-13/h3,5,7,10-11,13,16-17H,1-2,4,6H2,(H2,15,22,23). The van der Waals surface area contributed by atoms with Crippen LogP contribution in [0.3, 0.4) is 0 Å². The van der Waals surface area contributed by atoms with Crippen LogP contribution < -0.4 is 15.8 Å². The summed E-state index contributed by atoms with van der Waals surface area (Å²) in [6.07, 6.45) is 0.686. The second-order valence-corrected chi connectivity index (χ2v) is 7.62. The first kappa shape index (κ1) is 17.7. The van der Waals surface area contributed by atoms with Gasteiger partial charge in [0.15, 0.2) is 0 Å². The van der Waals surface area contributed by atoms with E-state index < -0.39 is 26.9 Å². The Morgan fingerprint density at radius 2 is 2.20 bits per heavy atom. The van der Waals surface area contributed by atoms with Crippen LogP contribution in [0, 0.1) is 16.0 Å². The van der Waals surface area contributed by atoms with Crippen molar-refractivity contribution in [3.8, 4) is 0 Å². The quantitative estimate of drug-likeness (QED) is 0.352. The molecule has 10 nitrogen and oxygen atoms in total. The maximum Gasteiger partial charge on any atom is 0.293 e. The SMILES string of the molecule is NS(=O)(=O)c1cc2c(c([N+](=O)[O-])c1)NC(C(C=O)C1CNCCO1)C2. The van der Waals surface area contributed by atoms with Gasteiger partial charge in [-0.2, -0.15) is 0 Å². The summed E-state index contributed by atoms with van der Waals surface area (Å²) in [5, 5.41) is 22.5. The highest BCUT2D eigenvalue weighted by Gasteiger charge is 2.38. The van der Waals surface area contributed by atoms with Crippen molar-refractivity contribution >= 4 is 27.7 Å². The van der Waals surface area contributed by atoms with Gasteiger partial charge in [-0.1, -0.05) is 0 Å². The lowest BCUT2D eigenvalue weighted by Crippen LogP contribution is -2.48. The fourth-order valence-corrected chi connectivity index (χ4v) is 3.86. The molecule has 136 valence electrons. The summed E-state index contributed by atoms with van der Waals surface area (Å²) in [5.41, 5.74) is 0.285. The topological polar surface area (TPSA) is 154 Å². The molecular formula is C14H18N4O6S. The zero-order valence-corrected chi connectivity index (χ0v) is 14.0. The number of morpholine rings is 1. The summed E-state index contributed by atoms with van der Waals surface area (Å²) in [4.78, 5) is 21.9. The molecule has 1 aromatic carbocycles. The second kappa shape index (κ2) is 6.67. The van der Waals surface area contributed by atoms with Crippen LogP contribution in [0.1, 0.15) is 5.56 Å². The molecule has 2 heterocycles. The average molecular weight is 370 g/mol. The largest absolute Gasteiger partial charge is 0.375 e. The van der Waals surface area contributed by atoms with Gasteiger partial charge in [-0.3, -0.25) is 10.1 Å². The maximum absolute atomic E-state index is 11.6. The second-order valence-electron chi connectivity index (χ2n) is 6.06. The predicted molar refractivity (Wildman–Crippen MR) is 87.7 cm³/mol. The molecule has 0 amide bonds. The Morgan fingerprint density at radius 3 is 2.76 bits per heavy atom. The molecule has 1 aromatic rings. The number of nitro groups is 1. The lowest BCUT2D eigenvalue weighted by molar-refractivity contribution is -0.384. The molecular weight excluding hydrogens is 352 g/mol. The Bertz CT molecular complexity index is 806. The number of ether oxygens (including phenoxy) is 1. The van der Waals surface area contributed by atoms with Gasteiger partial charge in [-0.25, -0.2) is 13.6 Å². The monoisotopic (exact) mass is 370 g/mol. The molecule has 11 heteroatoms. The minimum Gasteiger partial charge on any atom is -0.375 e. The predicted octanol–water partition coefficient (Wildman–Crippen LogP) is -0.618. The van der Waals surface area contributed by atoms with E-state index >= 15 is 0 Å². The number of nitro benzene ring substituents is 1. The van der Waals surface area contributed by atoms with E-state index in [0.717, 1.165) is 12.4 Å². The molecule has 25 heavy (non-hydrogen) atoms. The van der Waals surface area contributed by atoms with Crippen molar-refractivity contribution in [2.75, 3.05) is 25.0 Å². The van der Waals surface area contributed by atoms with Gasteiger partial charge in [0.05, 0.1) is 28.4 Å².